The fraction of sp³-hybridized carbons (Fsp3) is 0.520. The molecule has 5 rings (SSSR count). The molecule has 0 atom stereocenters. The van der Waals surface area contributed by atoms with Crippen LogP contribution in [-0.2, 0) is 11.2 Å². The third-order valence-corrected chi connectivity index (χ3v) is 7.92. The third-order valence-electron chi connectivity index (χ3n) is 6.71. The fourth-order valence-electron chi connectivity index (χ4n) is 4.84. The molecule has 0 spiro atoms. The van der Waals surface area contributed by atoms with E-state index in [2.05, 4.69) is 23.5 Å². The maximum atomic E-state index is 13.6. The number of carbonyl (C=O) groups is 2. The summed E-state index contributed by atoms with van der Waals surface area (Å²) in [5.74, 6) is 0.496. The summed E-state index contributed by atoms with van der Waals surface area (Å²) in [6, 6.07) is 10.7. The number of benzene rings is 1. The highest BCUT2D eigenvalue weighted by Crippen LogP contribution is 2.42. The highest BCUT2D eigenvalue weighted by molar-refractivity contribution is 7.17. The quantitative estimate of drug-likeness (QED) is 0.704. The normalized spacial score (nSPS) is 19.8. The van der Waals surface area contributed by atoms with Crippen molar-refractivity contribution in [3.63, 3.8) is 0 Å². The molecule has 158 valence electrons. The molecular weight excluding hydrogens is 392 g/mol. The number of nitrogens with one attached hydrogen (secondary N) is 1. The van der Waals surface area contributed by atoms with Crippen molar-refractivity contribution in [2.75, 3.05) is 11.4 Å². The first-order valence-electron chi connectivity index (χ1n) is 11.5. The van der Waals surface area contributed by atoms with Gasteiger partial charge in [0.15, 0.2) is 0 Å². The van der Waals surface area contributed by atoms with Crippen molar-refractivity contribution in [3.05, 3.63) is 40.8 Å². The summed E-state index contributed by atoms with van der Waals surface area (Å²) in [4.78, 5) is 30.1. The molecule has 1 aromatic carbocycles. The molecule has 4 nitrogen and oxygen atoms in total. The second kappa shape index (κ2) is 8.54. The maximum Gasteiger partial charge on any atom is 0.261 e. The molecule has 0 bridgehead atoms. The number of rotatable bonds is 3. The molecule has 1 N–H and O–H groups in total. The van der Waals surface area contributed by atoms with E-state index >= 15 is 0 Å². The first kappa shape index (κ1) is 19.8. The van der Waals surface area contributed by atoms with Gasteiger partial charge in [0.25, 0.3) is 5.91 Å². The molecule has 2 aromatic rings. The molecule has 1 aromatic heterocycles. The van der Waals surface area contributed by atoms with Crippen molar-refractivity contribution in [2.24, 2.45) is 5.92 Å². The van der Waals surface area contributed by atoms with Crippen molar-refractivity contribution >= 4 is 28.8 Å². The third kappa shape index (κ3) is 4.04. The van der Waals surface area contributed by atoms with Crippen LogP contribution in [0.4, 0.5) is 5.69 Å². The van der Waals surface area contributed by atoms with E-state index in [0.717, 1.165) is 53.1 Å². The van der Waals surface area contributed by atoms with Crippen LogP contribution in [0.25, 0.3) is 10.4 Å². The number of thiophene rings is 1. The molecule has 2 aliphatic carbocycles. The van der Waals surface area contributed by atoms with E-state index in [1.54, 1.807) is 11.3 Å². The molecule has 1 aliphatic heterocycles. The van der Waals surface area contributed by atoms with Gasteiger partial charge in [0.05, 0.1) is 10.6 Å². The van der Waals surface area contributed by atoms with Crippen LogP contribution >= 0.6 is 11.3 Å². The smallest absolute Gasteiger partial charge is 0.261 e. The minimum Gasteiger partial charge on any atom is -0.349 e. The summed E-state index contributed by atoms with van der Waals surface area (Å²) >= 11 is 1.57. The largest absolute Gasteiger partial charge is 0.349 e. The Labute approximate surface area is 182 Å². The van der Waals surface area contributed by atoms with E-state index in [1.807, 2.05) is 17.0 Å². The Morgan fingerprint density at radius 2 is 1.70 bits per heavy atom. The zero-order valence-electron chi connectivity index (χ0n) is 17.5. The number of para-hydroxylation sites is 1. The molecule has 2 saturated carbocycles. The van der Waals surface area contributed by atoms with Gasteiger partial charge < -0.3 is 10.2 Å². The van der Waals surface area contributed by atoms with Gasteiger partial charge in [-0.05, 0) is 49.8 Å². The first-order valence-corrected chi connectivity index (χ1v) is 12.4. The Balaban J connectivity index is 1.44. The van der Waals surface area contributed by atoms with Crippen LogP contribution in [0.1, 0.15) is 73.0 Å². The van der Waals surface area contributed by atoms with Crippen LogP contribution in [-0.4, -0.2) is 24.4 Å². The van der Waals surface area contributed by atoms with E-state index in [1.165, 1.54) is 37.7 Å². The van der Waals surface area contributed by atoms with Gasteiger partial charge >= 0.3 is 0 Å². The first-order chi connectivity index (χ1) is 14.7. The number of carbonyl (C=O) groups excluding carboxylic acids is 2. The Hall–Kier alpha value is -2.14. The predicted octanol–water partition coefficient (Wildman–Crippen LogP) is 5.56. The topological polar surface area (TPSA) is 49.4 Å². The molecule has 2 heterocycles. The lowest BCUT2D eigenvalue weighted by atomic mass is 9.90. The molecular formula is C25H30N2O2S. The SMILES string of the molecule is O=C(NC1CC1)c1cc2c(s1)-c1ccccc1N(C(=O)C1CCCCCCC1)CC2. The highest BCUT2D eigenvalue weighted by Gasteiger charge is 2.31. The van der Waals surface area contributed by atoms with Crippen LogP contribution in [0.3, 0.4) is 0 Å². The van der Waals surface area contributed by atoms with Crippen LogP contribution in [0, 0.1) is 5.92 Å². The van der Waals surface area contributed by atoms with Crippen molar-refractivity contribution in [1.29, 1.82) is 0 Å². The van der Waals surface area contributed by atoms with E-state index in [9.17, 15) is 9.59 Å². The number of hydrogen-bond donors (Lipinski definition) is 1. The van der Waals surface area contributed by atoms with Gasteiger partial charge in [-0.3, -0.25) is 9.59 Å². The lowest BCUT2D eigenvalue weighted by Crippen LogP contribution is -2.37. The minimum atomic E-state index is 0.0514. The summed E-state index contributed by atoms with van der Waals surface area (Å²) in [5, 5.41) is 3.11. The molecule has 3 aliphatic rings. The van der Waals surface area contributed by atoms with Gasteiger partial charge in [0, 0.05) is 28.9 Å². The highest BCUT2D eigenvalue weighted by atomic mass is 32.1. The van der Waals surface area contributed by atoms with Crippen LogP contribution in [0.5, 0.6) is 0 Å². The van der Waals surface area contributed by atoms with Gasteiger partial charge in [-0.15, -0.1) is 11.3 Å². The number of nitrogens with zero attached hydrogens (tertiary/aromatic N) is 1. The Bertz CT molecular complexity index is 938. The second-order valence-electron chi connectivity index (χ2n) is 9.01. The van der Waals surface area contributed by atoms with Crippen molar-refractivity contribution in [2.45, 2.75) is 70.3 Å². The summed E-state index contributed by atoms with van der Waals surface area (Å²) in [7, 11) is 0. The molecule has 2 amide bonds. The fourth-order valence-corrected chi connectivity index (χ4v) is 5.99. The second-order valence-corrected chi connectivity index (χ2v) is 10.1. The van der Waals surface area contributed by atoms with Crippen LogP contribution in [0.15, 0.2) is 30.3 Å². The molecule has 0 radical (unpaired) electrons. The van der Waals surface area contributed by atoms with Gasteiger partial charge in [0.1, 0.15) is 0 Å². The summed E-state index contributed by atoms with van der Waals surface area (Å²) in [6.07, 6.45) is 11.2. The Kier molecular flexibility index (Phi) is 5.64. The van der Waals surface area contributed by atoms with Gasteiger partial charge in [-0.2, -0.15) is 0 Å². The molecule has 30 heavy (non-hydrogen) atoms. The monoisotopic (exact) mass is 422 g/mol. The van der Waals surface area contributed by atoms with Crippen molar-refractivity contribution < 1.29 is 9.59 Å². The standard InChI is InChI=1S/C25H30N2O2S/c28-24(26-19-12-13-19)22-16-18-14-15-27(21-11-7-6-10-20(21)23(18)30-22)25(29)17-8-4-2-1-3-5-9-17/h6-7,10-11,16-17,19H,1-5,8-9,12-15H2,(H,26,28). The summed E-state index contributed by atoms with van der Waals surface area (Å²) < 4.78 is 0. The molecule has 2 fully saturated rings. The summed E-state index contributed by atoms with van der Waals surface area (Å²) in [5.41, 5.74) is 3.31. The average Bonchev–Trinajstić information content (AvgIpc) is 3.46. The van der Waals surface area contributed by atoms with Crippen molar-refractivity contribution in [1.82, 2.24) is 5.32 Å². The van der Waals surface area contributed by atoms with Gasteiger partial charge in [-0.25, -0.2) is 0 Å². The lowest BCUT2D eigenvalue weighted by Gasteiger charge is -2.28. The molecule has 0 saturated heterocycles. The van der Waals surface area contributed by atoms with E-state index in [-0.39, 0.29) is 11.8 Å². The average molecular weight is 423 g/mol. The maximum absolute atomic E-state index is 13.6. The molecule has 0 unspecified atom stereocenters. The minimum absolute atomic E-state index is 0.0514. The molecule has 5 heteroatoms. The zero-order valence-corrected chi connectivity index (χ0v) is 18.3. The number of anilines is 1. The predicted molar refractivity (Wildman–Crippen MR) is 122 cm³/mol. The Morgan fingerprint density at radius 3 is 2.47 bits per heavy atom. The van der Waals surface area contributed by atoms with Crippen LogP contribution < -0.4 is 10.2 Å². The number of fused-ring (bicyclic) bond motifs is 3. The van der Waals surface area contributed by atoms with Crippen LogP contribution in [0.2, 0.25) is 0 Å². The zero-order chi connectivity index (χ0) is 20.5. The number of hydrogen-bond acceptors (Lipinski definition) is 3. The summed E-state index contributed by atoms with van der Waals surface area (Å²) in [6.45, 7) is 0.694. The lowest BCUT2D eigenvalue weighted by molar-refractivity contribution is -0.123. The van der Waals surface area contributed by atoms with Gasteiger partial charge in [0.2, 0.25) is 5.91 Å². The van der Waals surface area contributed by atoms with E-state index in [0.29, 0.717) is 18.5 Å². The number of amides is 2. The van der Waals surface area contributed by atoms with E-state index < -0.39 is 0 Å². The van der Waals surface area contributed by atoms with Crippen molar-refractivity contribution in [3.8, 4) is 10.4 Å². The van der Waals surface area contributed by atoms with E-state index in [4.69, 9.17) is 0 Å². The van der Waals surface area contributed by atoms with Gasteiger partial charge in [-0.1, -0.05) is 50.3 Å². The Morgan fingerprint density at radius 1 is 0.967 bits per heavy atom.